The monoisotopic (exact) mass is 228 g/mol. The van der Waals surface area contributed by atoms with Crippen molar-refractivity contribution in [2.45, 2.75) is 12.2 Å². The summed E-state index contributed by atoms with van der Waals surface area (Å²) < 4.78 is -1.21. The quantitative estimate of drug-likeness (QED) is 0.313. The predicted octanol–water partition coefficient (Wildman–Crippen LogP) is 0.175. The Morgan fingerprint density at radius 3 is 2.60 bits per heavy atom. The van der Waals surface area contributed by atoms with Crippen molar-refractivity contribution in [3.63, 3.8) is 0 Å². The first kappa shape index (κ1) is 10.9. The average molecular weight is 228 g/mol. The highest BCUT2D eigenvalue weighted by Crippen LogP contribution is 2.49. The molecule has 0 aliphatic carbocycles. The second kappa shape index (κ2) is 3.48. The molecule has 1 aromatic rings. The Bertz CT molecular complexity index is 398. The maximum Gasteiger partial charge on any atom is 0.488 e. The Kier molecular flexibility index (Phi) is 2.54. The van der Waals surface area contributed by atoms with Gasteiger partial charge in [-0.3, -0.25) is 0 Å². The summed E-state index contributed by atoms with van der Waals surface area (Å²) >= 11 is 0.957. The number of hydrogen-bond acceptors (Lipinski definition) is 5. The van der Waals surface area contributed by atoms with Crippen molar-refractivity contribution in [2.75, 3.05) is 0 Å². The van der Waals surface area contributed by atoms with E-state index in [1.165, 1.54) is 12.1 Å². The second-order valence-electron chi connectivity index (χ2n) is 3.48. The molecule has 4 N–H and O–H groups in total. The van der Waals surface area contributed by atoms with Crippen LogP contribution in [-0.4, -0.2) is 27.6 Å². The minimum Gasteiger partial charge on any atom is -0.423 e. The van der Waals surface area contributed by atoms with E-state index in [0.717, 1.165) is 11.9 Å². The van der Waals surface area contributed by atoms with Gasteiger partial charge in [-0.2, -0.15) is 10.4 Å². The van der Waals surface area contributed by atoms with Gasteiger partial charge in [0.15, 0.2) is 11.9 Å². The molecule has 0 radical (unpaired) electrons. The van der Waals surface area contributed by atoms with Crippen LogP contribution in [0.1, 0.15) is 17.7 Å². The molecule has 5 nitrogen and oxygen atoms in total. The topological polar surface area (TPSA) is 80.9 Å². The average Bonchev–Trinajstić information content (AvgIpc) is 2.37. The van der Waals surface area contributed by atoms with Crippen LogP contribution in [0.3, 0.4) is 0 Å². The molecule has 7 heteroatoms. The van der Waals surface area contributed by atoms with Crippen molar-refractivity contribution in [1.82, 2.24) is 4.21 Å². The highest BCUT2D eigenvalue weighted by atomic mass is 32.2. The third-order valence-electron chi connectivity index (χ3n) is 2.41. The van der Waals surface area contributed by atoms with Crippen LogP contribution >= 0.6 is 11.9 Å². The summed E-state index contributed by atoms with van der Waals surface area (Å²) in [6.07, 6.45) is 0. The molecule has 0 saturated heterocycles. The smallest absolute Gasteiger partial charge is 0.423 e. The van der Waals surface area contributed by atoms with Crippen molar-refractivity contribution in [3.8, 4) is 0 Å². The zero-order valence-electron chi connectivity index (χ0n) is 8.03. The standard InChI is InChI=1S/C8H11BNO4S/c1-5-7-4-6(9(11)12)2-3-8(7)10(13,14)15-5/h2-5,11-14H,1H3/q+1. The minimum absolute atomic E-state index is 0.103. The SMILES string of the molecule is CC1S[N+](O)(O)c2ccc(B(O)O)cc21. The van der Waals surface area contributed by atoms with Gasteiger partial charge in [0, 0.05) is 15.8 Å². The Morgan fingerprint density at radius 2 is 2.00 bits per heavy atom. The van der Waals surface area contributed by atoms with Crippen molar-refractivity contribution < 1.29 is 20.5 Å². The van der Waals surface area contributed by atoms with Gasteiger partial charge in [0.1, 0.15) is 0 Å². The molecule has 0 bridgehead atoms. The molecule has 0 fully saturated rings. The summed E-state index contributed by atoms with van der Waals surface area (Å²) in [6, 6.07) is 4.52. The first-order valence-corrected chi connectivity index (χ1v) is 5.29. The van der Waals surface area contributed by atoms with Crippen molar-refractivity contribution >= 4 is 30.2 Å². The first-order valence-electron chi connectivity index (χ1n) is 4.45. The van der Waals surface area contributed by atoms with E-state index < -0.39 is 11.3 Å². The van der Waals surface area contributed by atoms with Gasteiger partial charge in [-0.1, -0.05) is 12.1 Å². The summed E-state index contributed by atoms with van der Waals surface area (Å²) in [6.45, 7) is 1.82. The largest absolute Gasteiger partial charge is 0.488 e. The van der Waals surface area contributed by atoms with E-state index in [-0.39, 0.29) is 5.25 Å². The third-order valence-corrected chi connectivity index (χ3v) is 3.47. The molecule has 1 aliphatic rings. The van der Waals surface area contributed by atoms with Crippen molar-refractivity contribution in [3.05, 3.63) is 23.8 Å². The van der Waals surface area contributed by atoms with E-state index in [1.54, 1.807) is 6.07 Å². The fourth-order valence-corrected chi connectivity index (χ4v) is 2.68. The number of rotatable bonds is 1. The van der Waals surface area contributed by atoms with Crippen LogP contribution in [0.2, 0.25) is 0 Å². The number of hydrogen-bond donors (Lipinski definition) is 4. The fourth-order valence-electron chi connectivity index (χ4n) is 1.66. The molecule has 0 amide bonds. The van der Waals surface area contributed by atoms with E-state index in [9.17, 15) is 10.4 Å². The van der Waals surface area contributed by atoms with Gasteiger partial charge in [0.2, 0.25) is 5.69 Å². The molecule has 0 saturated carbocycles. The molecule has 1 atom stereocenters. The van der Waals surface area contributed by atoms with Gasteiger partial charge < -0.3 is 10.0 Å². The summed E-state index contributed by atoms with van der Waals surface area (Å²) in [7, 11) is -1.53. The van der Waals surface area contributed by atoms with E-state index in [2.05, 4.69) is 0 Å². The van der Waals surface area contributed by atoms with Crippen LogP contribution < -0.4 is 9.68 Å². The van der Waals surface area contributed by atoms with Gasteiger partial charge in [0.05, 0.1) is 5.25 Å². The number of quaternary nitrogens is 1. The summed E-state index contributed by atoms with van der Waals surface area (Å²) in [4.78, 5) is 0. The lowest BCUT2D eigenvalue weighted by Crippen LogP contribution is -2.33. The van der Waals surface area contributed by atoms with E-state index >= 15 is 0 Å². The summed E-state index contributed by atoms with van der Waals surface area (Å²) in [5.41, 5.74) is 1.41. The maximum absolute atomic E-state index is 9.58. The Balaban J connectivity index is 2.51. The van der Waals surface area contributed by atoms with E-state index in [0.29, 0.717) is 16.7 Å². The molecule has 1 unspecified atom stereocenters. The molecule has 0 spiro atoms. The fraction of sp³-hybridized carbons (Fsp3) is 0.250. The van der Waals surface area contributed by atoms with Crippen molar-refractivity contribution in [1.29, 1.82) is 0 Å². The molecule has 15 heavy (non-hydrogen) atoms. The molecular formula is C8H11BNO4S+. The molecular weight excluding hydrogens is 217 g/mol. The van der Waals surface area contributed by atoms with Gasteiger partial charge in [-0.25, -0.2) is 0 Å². The zero-order chi connectivity index (χ0) is 11.2. The Hall–Kier alpha value is -0.565. The van der Waals surface area contributed by atoms with Crippen LogP contribution in [0.4, 0.5) is 5.69 Å². The lowest BCUT2D eigenvalue weighted by atomic mass is 9.79. The van der Waals surface area contributed by atoms with Gasteiger partial charge in [-0.05, 0) is 12.4 Å². The van der Waals surface area contributed by atoms with E-state index in [1.807, 2.05) is 6.92 Å². The van der Waals surface area contributed by atoms with Crippen LogP contribution in [0.25, 0.3) is 0 Å². The predicted molar refractivity (Wildman–Crippen MR) is 57.6 cm³/mol. The second-order valence-corrected chi connectivity index (χ2v) is 4.91. The molecule has 1 aliphatic heterocycles. The number of benzene rings is 1. The summed E-state index contributed by atoms with van der Waals surface area (Å²) in [5, 5.41) is 37.0. The van der Waals surface area contributed by atoms with Crippen LogP contribution in [0.15, 0.2) is 18.2 Å². The summed E-state index contributed by atoms with van der Waals surface area (Å²) in [5.74, 6) is 0. The molecule has 1 aromatic carbocycles. The number of nitrogens with zero attached hydrogens (tertiary/aromatic N) is 1. The zero-order valence-corrected chi connectivity index (χ0v) is 8.85. The molecule has 2 rings (SSSR count). The Labute approximate surface area is 91.4 Å². The highest BCUT2D eigenvalue weighted by Gasteiger charge is 2.44. The van der Waals surface area contributed by atoms with Crippen molar-refractivity contribution in [2.24, 2.45) is 0 Å². The minimum atomic E-state index is -1.53. The Morgan fingerprint density at radius 1 is 1.33 bits per heavy atom. The van der Waals surface area contributed by atoms with Crippen LogP contribution in [0.5, 0.6) is 0 Å². The molecule has 80 valence electrons. The lowest BCUT2D eigenvalue weighted by molar-refractivity contribution is -0.202. The van der Waals surface area contributed by atoms with Crippen LogP contribution in [-0.2, 0) is 0 Å². The van der Waals surface area contributed by atoms with Gasteiger partial charge in [-0.15, -0.1) is 0 Å². The van der Waals surface area contributed by atoms with Gasteiger partial charge >= 0.3 is 7.12 Å². The number of fused-ring (bicyclic) bond motifs is 1. The van der Waals surface area contributed by atoms with E-state index in [4.69, 9.17) is 10.0 Å². The first-order chi connectivity index (χ1) is 6.92. The molecule has 0 aromatic heterocycles. The molecule has 1 heterocycles. The van der Waals surface area contributed by atoms with Gasteiger partial charge in [0.25, 0.3) is 0 Å². The normalized spacial score (nSPS) is 22.6. The third kappa shape index (κ3) is 1.78. The maximum atomic E-state index is 9.58. The van der Waals surface area contributed by atoms with Crippen LogP contribution in [0, 0.1) is 0 Å². The lowest BCUT2D eigenvalue weighted by Gasteiger charge is -2.11. The highest BCUT2D eigenvalue weighted by molar-refractivity contribution is 7.99.